The highest BCUT2D eigenvalue weighted by Crippen LogP contribution is 2.31. The van der Waals surface area contributed by atoms with Crippen molar-refractivity contribution >= 4 is 0 Å². The SMILES string of the molecule is OC(COc1cccc2c1C[C@H](O)[C@H](O)C2)COc1cccc2c1C[C@H](O)[C@H](O)C2. The molecule has 0 aliphatic heterocycles. The van der Waals surface area contributed by atoms with E-state index in [1.165, 1.54) is 0 Å². The monoisotopic (exact) mass is 416 g/mol. The highest BCUT2D eigenvalue weighted by atomic mass is 16.5. The third-order valence-electron chi connectivity index (χ3n) is 5.90. The minimum absolute atomic E-state index is 0.0193. The van der Waals surface area contributed by atoms with Gasteiger partial charge in [-0.2, -0.15) is 0 Å². The number of benzene rings is 2. The standard InChI is InChI=1S/C23H28O7/c24-15(11-29-22-5-1-3-13-7-18(25)20(27)9-16(13)22)12-30-23-6-2-4-14-8-19(26)21(28)10-17(14)23/h1-6,15,18-21,24-28H,7-12H2/t18-,19-,20+,21+/m1/s1. The molecule has 2 aliphatic carbocycles. The van der Waals surface area contributed by atoms with Gasteiger partial charge in [0.2, 0.25) is 0 Å². The van der Waals surface area contributed by atoms with Gasteiger partial charge in [0.05, 0.1) is 24.4 Å². The Morgan fingerprint density at radius 3 is 1.50 bits per heavy atom. The van der Waals surface area contributed by atoms with E-state index >= 15 is 0 Å². The Hall–Kier alpha value is -2.16. The first kappa shape index (κ1) is 21.1. The summed E-state index contributed by atoms with van der Waals surface area (Å²) in [5.74, 6) is 1.18. The van der Waals surface area contributed by atoms with E-state index in [0.717, 1.165) is 22.3 Å². The zero-order valence-corrected chi connectivity index (χ0v) is 16.6. The summed E-state index contributed by atoms with van der Waals surface area (Å²) in [5, 5.41) is 50.0. The molecule has 0 unspecified atom stereocenters. The van der Waals surface area contributed by atoms with Crippen LogP contribution in [0.3, 0.4) is 0 Å². The van der Waals surface area contributed by atoms with Gasteiger partial charge in [-0.25, -0.2) is 0 Å². The maximum Gasteiger partial charge on any atom is 0.123 e. The Morgan fingerprint density at radius 2 is 1.07 bits per heavy atom. The Morgan fingerprint density at radius 1 is 0.667 bits per heavy atom. The number of ether oxygens (including phenoxy) is 2. The van der Waals surface area contributed by atoms with Gasteiger partial charge in [-0.1, -0.05) is 24.3 Å². The predicted octanol–water partition coefficient (Wildman–Crippen LogP) is 0.146. The Bertz CT molecular complexity index is 812. The molecule has 0 bridgehead atoms. The van der Waals surface area contributed by atoms with Gasteiger partial charge in [0.15, 0.2) is 0 Å². The summed E-state index contributed by atoms with van der Waals surface area (Å²) >= 11 is 0. The van der Waals surface area contributed by atoms with Crippen LogP contribution in [0.1, 0.15) is 22.3 Å². The van der Waals surface area contributed by atoms with Crippen LogP contribution in [-0.4, -0.2) is 69.3 Å². The van der Waals surface area contributed by atoms with E-state index in [1.54, 1.807) is 12.1 Å². The van der Waals surface area contributed by atoms with Crippen molar-refractivity contribution in [1.29, 1.82) is 0 Å². The van der Waals surface area contributed by atoms with Crippen LogP contribution in [0.15, 0.2) is 36.4 Å². The fourth-order valence-corrected chi connectivity index (χ4v) is 4.17. The van der Waals surface area contributed by atoms with E-state index in [9.17, 15) is 25.5 Å². The molecule has 2 aromatic carbocycles. The molecule has 0 saturated heterocycles. The lowest BCUT2D eigenvalue weighted by Crippen LogP contribution is -2.35. The first-order chi connectivity index (χ1) is 14.4. The number of aliphatic hydroxyl groups excluding tert-OH is 5. The molecular formula is C23H28O7. The number of fused-ring (bicyclic) bond motifs is 2. The number of aliphatic hydroxyl groups is 5. The lowest BCUT2D eigenvalue weighted by atomic mass is 9.87. The molecule has 0 fully saturated rings. The van der Waals surface area contributed by atoms with Gasteiger partial charge in [0.25, 0.3) is 0 Å². The molecule has 7 heteroatoms. The zero-order valence-electron chi connectivity index (χ0n) is 16.6. The van der Waals surface area contributed by atoms with E-state index in [4.69, 9.17) is 9.47 Å². The van der Waals surface area contributed by atoms with Crippen LogP contribution in [0.4, 0.5) is 0 Å². The average Bonchev–Trinajstić information content (AvgIpc) is 2.72. The topological polar surface area (TPSA) is 120 Å². The van der Waals surface area contributed by atoms with Gasteiger partial charge in [-0.3, -0.25) is 0 Å². The van der Waals surface area contributed by atoms with E-state index < -0.39 is 30.5 Å². The maximum atomic E-state index is 10.3. The summed E-state index contributed by atoms with van der Waals surface area (Å²) in [6.45, 7) is 0.0386. The smallest absolute Gasteiger partial charge is 0.123 e. The molecule has 0 saturated carbocycles. The third-order valence-corrected chi connectivity index (χ3v) is 5.90. The fourth-order valence-electron chi connectivity index (χ4n) is 4.17. The molecule has 0 aromatic heterocycles. The zero-order chi connectivity index (χ0) is 21.3. The van der Waals surface area contributed by atoms with E-state index in [-0.39, 0.29) is 13.2 Å². The van der Waals surface area contributed by atoms with Crippen molar-refractivity contribution in [2.45, 2.75) is 56.2 Å². The van der Waals surface area contributed by atoms with E-state index in [0.29, 0.717) is 37.2 Å². The van der Waals surface area contributed by atoms with Crippen LogP contribution in [0.5, 0.6) is 11.5 Å². The molecule has 30 heavy (non-hydrogen) atoms. The first-order valence-electron chi connectivity index (χ1n) is 10.3. The number of hydrogen-bond acceptors (Lipinski definition) is 7. The van der Waals surface area contributed by atoms with Crippen LogP contribution in [0.2, 0.25) is 0 Å². The fraction of sp³-hybridized carbons (Fsp3) is 0.478. The van der Waals surface area contributed by atoms with Crippen molar-refractivity contribution in [3.63, 3.8) is 0 Å². The summed E-state index contributed by atoms with van der Waals surface area (Å²) in [6.07, 6.45) is -2.71. The molecule has 0 radical (unpaired) electrons. The summed E-state index contributed by atoms with van der Waals surface area (Å²) < 4.78 is 11.6. The van der Waals surface area contributed by atoms with Crippen LogP contribution in [-0.2, 0) is 25.7 Å². The minimum Gasteiger partial charge on any atom is -0.490 e. The van der Waals surface area contributed by atoms with Gasteiger partial charge >= 0.3 is 0 Å². The highest BCUT2D eigenvalue weighted by molar-refractivity contribution is 5.44. The van der Waals surface area contributed by atoms with Gasteiger partial charge in [0, 0.05) is 36.8 Å². The highest BCUT2D eigenvalue weighted by Gasteiger charge is 2.28. The second-order valence-corrected chi connectivity index (χ2v) is 8.15. The molecule has 0 amide bonds. The molecular weight excluding hydrogens is 388 g/mol. The van der Waals surface area contributed by atoms with Crippen molar-refractivity contribution in [2.75, 3.05) is 13.2 Å². The largest absolute Gasteiger partial charge is 0.490 e. The summed E-state index contributed by atoms with van der Waals surface area (Å²) in [5.41, 5.74) is 3.58. The Balaban J connectivity index is 1.36. The molecule has 4 rings (SSSR count). The molecule has 0 spiro atoms. The summed E-state index contributed by atoms with van der Waals surface area (Å²) in [7, 11) is 0. The number of hydrogen-bond donors (Lipinski definition) is 5. The Labute approximate surface area is 175 Å². The van der Waals surface area contributed by atoms with Gasteiger partial charge in [-0.15, -0.1) is 0 Å². The maximum absolute atomic E-state index is 10.3. The van der Waals surface area contributed by atoms with Crippen LogP contribution < -0.4 is 9.47 Å². The van der Waals surface area contributed by atoms with Crippen LogP contribution >= 0.6 is 0 Å². The first-order valence-corrected chi connectivity index (χ1v) is 10.3. The van der Waals surface area contributed by atoms with Crippen molar-refractivity contribution < 1.29 is 35.0 Å². The lowest BCUT2D eigenvalue weighted by molar-refractivity contribution is 0.0122. The summed E-state index contributed by atoms with van der Waals surface area (Å²) in [6, 6.07) is 11.0. The molecule has 2 aromatic rings. The van der Waals surface area contributed by atoms with Crippen molar-refractivity contribution in [1.82, 2.24) is 0 Å². The molecule has 7 nitrogen and oxygen atoms in total. The number of rotatable bonds is 6. The molecule has 2 aliphatic rings. The molecule has 162 valence electrons. The molecule has 4 atom stereocenters. The van der Waals surface area contributed by atoms with Crippen LogP contribution in [0, 0.1) is 0 Å². The van der Waals surface area contributed by atoms with Gasteiger partial charge < -0.3 is 35.0 Å². The minimum atomic E-state index is -0.880. The van der Waals surface area contributed by atoms with Crippen LogP contribution in [0.25, 0.3) is 0 Å². The lowest BCUT2D eigenvalue weighted by Gasteiger charge is -2.28. The normalized spacial score (nSPS) is 25.5. The van der Waals surface area contributed by atoms with Gasteiger partial charge in [0.1, 0.15) is 30.8 Å². The van der Waals surface area contributed by atoms with Crippen molar-refractivity contribution in [2.24, 2.45) is 0 Å². The summed E-state index contributed by atoms with van der Waals surface area (Å²) in [4.78, 5) is 0. The van der Waals surface area contributed by atoms with Gasteiger partial charge in [-0.05, 0) is 23.3 Å². The predicted molar refractivity (Wildman–Crippen MR) is 109 cm³/mol. The van der Waals surface area contributed by atoms with E-state index in [1.807, 2.05) is 24.3 Å². The quantitative estimate of drug-likeness (QED) is 0.455. The van der Waals surface area contributed by atoms with Crippen molar-refractivity contribution in [3.05, 3.63) is 58.7 Å². The second kappa shape index (κ2) is 8.91. The molecule has 0 heterocycles. The Kier molecular flexibility index (Phi) is 6.26. The average molecular weight is 416 g/mol. The second-order valence-electron chi connectivity index (χ2n) is 8.15. The van der Waals surface area contributed by atoms with E-state index in [2.05, 4.69) is 0 Å². The molecule has 5 N–H and O–H groups in total. The third kappa shape index (κ3) is 4.45. The van der Waals surface area contributed by atoms with Crippen molar-refractivity contribution in [3.8, 4) is 11.5 Å².